The molecule has 158 valence electrons. The van der Waals surface area contributed by atoms with E-state index in [4.69, 9.17) is 4.74 Å². The van der Waals surface area contributed by atoms with Crippen molar-refractivity contribution >= 4 is 21.6 Å². The number of pyridine rings is 1. The number of nitrogens with one attached hydrogen (secondary N) is 2. The number of carbonyl (C=O) groups excluding carboxylic acids is 1. The summed E-state index contributed by atoms with van der Waals surface area (Å²) in [6.45, 7) is 3.75. The van der Waals surface area contributed by atoms with E-state index in [1.807, 2.05) is 6.07 Å². The van der Waals surface area contributed by atoms with E-state index in [2.05, 4.69) is 20.1 Å². The fourth-order valence-electron chi connectivity index (χ4n) is 2.88. The number of hydrogen-bond acceptors (Lipinski definition) is 6. The van der Waals surface area contributed by atoms with Crippen molar-refractivity contribution in [3.05, 3.63) is 66.1 Å². The number of carbonyl (C=O) groups is 1. The number of anilines is 1. The van der Waals surface area contributed by atoms with E-state index in [0.717, 1.165) is 0 Å². The van der Waals surface area contributed by atoms with Crippen LogP contribution in [-0.2, 0) is 14.8 Å². The van der Waals surface area contributed by atoms with Crippen molar-refractivity contribution in [2.75, 3.05) is 19.0 Å². The maximum absolute atomic E-state index is 12.6. The first kappa shape index (κ1) is 21.6. The monoisotopic (exact) mass is 429 g/mol. The molecule has 0 spiro atoms. The molecule has 3 rings (SSSR count). The number of hydrogen-bond donors (Lipinski definition) is 2. The Hall–Kier alpha value is -3.08. The molecule has 1 unspecified atom stereocenters. The van der Waals surface area contributed by atoms with Gasteiger partial charge in [0.2, 0.25) is 10.0 Å². The van der Waals surface area contributed by atoms with Crippen LogP contribution in [0.25, 0.3) is 5.82 Å². The topological polar surface area (TPSA) is 115 Å². The van der Waals surface area contributed by atoms with Gasteiger partial charge in [-0.1, -0.05) is 6.07 Å². The molecule has 0 bridgehead atoms. The Morgan fingerprint density at radius 2 is 1.93 bits per heavy atom. The predicted molar refractivity (Wildman–Crippen MR) is 112 cm³/mol. The first-order valence-electron chi connectivity index (χ1n) is 9.20. The van der Waals surface area contributed by atoms with Gasteiger partial charge in [0, 0.05) is 25.0 Å². The van der Waals surface area contributed by atoms with Crippen LogP contribution in [0.4, 0.5) is 5.69 Å². The van der Waals surface area contributed by atoms with Crippen molar-refractivity contribution in [1.29, 1.82) is 0 Å². The second-order valence-electron chi connectivity index (χ2n) is 6.70. The van der Waals surface area contributed by atoms with E-state index < -0.39 is 10.0 Å². The molecule has 0 aliphatic carbocycles. The SMILES string of the molecule is COCC(C)NS(=O)(=O)c1ccc(NC(=O)c2cnn(-c3ccccn3)c2C)cc1. The zero-order valence-electron chi connectivity index (χ0n) is 16.9. The van der Waals surface area contributed by atoms with Crippen LogP contribution >= 0.6 is 0 Å². The van der Waals surface area contributed by atoms with Gasteiger partial charge in [-0.15, -0.1) is 0 Å². The van der Waals surface area contributed by atoms with Gasteiger partial charge < -0.3 is 10.1 Å². The van der Waals surface area contributed by atoms with Gasteiger partial charge in [0.25, 0.3) is 5.91 Å². The molecule has 0 radical (unpaired) electrons. The minimum Gasteiger partial charge on any atom is -0.383 e. The standard InChI is InChI=1S/C20H23N5O4S/c1-14(13-29-3)24-30(27,28)17-9-7-16(8-10-17)23-20(26)18-12-22-25(15(18)2)19-6-4-5-11-21-19/h4-12,14,24H,13H2,1-3H3,(H,23,26). The summed E-state index contributed by atoms with van der Waals surface area (Å²) in [6, 6.07) is 11.0. The highest BCUT2D eigenvalue weighted by atomic mass is 32.2. The minimum absolute atomic E-state index is 0.0996. The summed E-state index contributed by atoms with van der Waals surface area (Å²) in [4.78, 5) is 17.0. The molecule has 1 aromatic carbocycles. The summed E-state index contributed by atoms with van der Waals surface area (Å²) in [5, 5.41) is 6.99. The van der Waals surface area contributed by atoms with Crippen molar-refractivity contribution in [1.82, 2.24) is 19.5 Å². The molecule has 1 atom stereocenters. The van der Waals surface area contributed by atoms with Crippen molar-refractivity contribution in [2.24, 2.45) is 0 Å². The second-order valence-corrected chi connectivity index (χ2v) is 8.41. The van der Waals surface area contributed by atoms with Crippen LogP contribution in [0.15, 0.2) is 59.8 Å². The number of aromatic nitrogens is 3. The van der Waals surface area contributed by atoms with Crippen LogP contribution in [0.5, 0.6) is 0 Å². The summed E-state index contributed by atoms with van der Waals surface area (Å²) in [6.07, 6.45) is 3.12. The maximum atomic E-state index is 12.6. The van der Waals surface area contributed by atoms with Crippen LogP contribution in [0, 0.1) is 6.92 Å². The largest absolute Gasteiger partial charge is 0.383 e. The Morgan fingerprint density at radius 3 is 2.57 bits per heavy atom. The highest BCUT2D eigenvalue weighted by molar-refractivity contribution is 7.89. The first-order chi connectivity index (χ1) is 14.3. The number of ether oxygens (including phenoxy) is 1. The van der Waals surface area contributed by atoms with Gasteiger partial charge in [-0.2, -0.15) is 5.10 Å². The number of methoxy groups -OCH3 is 1. The van der Waals surface area contributed by atoms with Gasteiger partial charge in [0.1, 0.15) is 0 Å². The van der Waals surface area contributed by atoms with Crippen LogP contribution in [-0.4, -0.2) is 48.8 Å². The molecule has 10 heteroatoms. The van der Waals surface area contributed by atoms with Gasteiger partial charge in [-0.05, 0) is 50.2 Å². The fraction of sp³-hybridized carbons (Fsp3) is 0.250. The molecular formula is C20H23N5O4S. The van der Waals surface area contributed by atoms with Gasteiger partial charge in [0.15, 0.2) is 5.82 Å². The normalized spacial score (nSPS) is 12.5. The molecular weight excluding hydrogens is 406 g/mol. The Bertz CT molecular complexity index is 1110. The van der Waals surface area contributed by atoms with Gasteiger partial charge in [-0.25, -0.2) is 22.8 Å². The first-order valence-corrected chi connectivity index (χ1v) is 10.7. The Labute approximate surface area is 175 Å². The van der Waals surface area contributed by atoms with Crippen molar-refractivity contribution in [2.45, 2.75) is 24.8 Å². The Morgan fingerprint density at radius 1 is 1.20 bits per heavy atom. The third-order valence-electron chi connectivity index (χ3n) is 4.32. The molecule has 3 aromatic rings. The quantitative estimate of drug-likeness (QED) is 0.567. The van der Waals surface area contributed by atoms with Crippen molar-refractivity contribution < 1.29 is 17.9 Å². The molecule has 0 aliphatic heterocycles. The van der Waals surface area contributed by atoms with E-state index in [1.54, 1.807) is 36.9 Å². The van der Waals surface area contributed by atoms with Crippen LogP contribution in [0.3, 0.4) is 0 Å². The third kappa shape index (κ3) is 4.90. The van der Waals surface area contributed by atoms with E-state index >= 15 is 0 Å². The number of nitrogens with zero attached hydrogens (tertiary/aromatic N) is 3. The average Bonchev–Trinajstić information content (AvgIpc) is 3.10. The average molecular weight is 430 g/mol. The van der Waals surface area contributed by atoms with Crippen molar-refractivity contribution in [3.8, 4) is 5.82 Å². The molecule has 0 fully saturated rings. The van der Waals surface area contributed by atoms with Gasteiger partial charge in [-0.3, -0.25) is 4.79 Å². The Balaban J connectivity index is 1.72. The lowest BCUT2D eigenvalue weighted by Gasteiger charge is -2.13. The molecule has 30 heavy (non-hydrogen) atoms. The van der Waals surface area contributed by atoms with E-state index in [1.165, 1.54) is 37.6 Å². The lowest BCUT2D eigenvalue weighted by molar-refractivity contribution is 0.102. The van der Waals surface area contributed by atoms with Crippen LogP contribution < -0.4 is 10.0 Å². The number of amides is 1. The lowest BCUT2D eigenvalue weighted by Crippen LogP contribution is -2.35. The highest BCUT2D eigenvalue weighted by Crippen LogP contribution is 2.17. The number of sulfonamides is 1. The third-order valence-corrected chi connectivity index (χ3v) is 5.92. The summed E-state index contributed by atoms with van der Waals surface area (Å²) < 4.78 is 33.8. The molecule has 0 aliphatic rings. The summed E-state index contributed by atoms with van der Waals surface area (Å²) in [5.41, 5.74) is 1.50. The molecule has 1 amide bonds. The van der Waals surface area contributed by atoms with E-state index in [9.17, 15) is 13.2 Å². The molecule has 2 N–H and O–H groups in total. The van der Waals surface area contributed by atoms with Crippen LogP contribution in [0.2, 0.25) is 0 Å². The molecule has 2 aromatic heterocycles. The second kappa shape index (κ2) is 9.16. The van der Waals surface area contributed by atoms with E-state index in [0.29, 0.717) is 22.8 Å². The smallest absolute Gasteiger partial charge is 0.259 e. The predicted octanol–water partition coefficient (Wildman–Crippen LogP) is 2.14. The maximum Gasteiger partial charge on any atom is 0.259 e. The number of rotatable bonds is 8. The molecule has 0 saturated heterocycles. The lowest BCUT2D eigenvalue weighted by atomic mass is 10.2. The summed E-state index contributed by atoms with van der Waals surface area (Å²) >= 11 is 0. The molecule has 0 saturated carbocycles. The van der Waals surface area contributed by atoms with Gasteiger partial charge >= 0.3 is 0 Å². The minimum atomic E-state index is -3.68. The summed E-state index contributed by atoms with van der Waals surface area (Å²) in [5.74, 6) is 0.260. The molecule has 9 nitrogen and oxygen atoms in total. The van der Waals surface area contributed by atoms with Crippen LogP contribution in [0.1, 0.15) is 23.0 Å². The Kier molecular flexibility index (Phi) is 6.60. The molecule has 2 heterocycles. The van der Waals surface area contributed by atoms with Crippen molar-refractivity contribution in [3.63, 3.8) is 0 Å². The fourth-order valence-corrected chi connectivity index (χ4v) is 4.10. The zero-order chi connectivity index (χ0) is 21.7. The van der Waals surface area contributed by atoms with Gasteiger partial charge in [0.05, 0.1) is 29.0 Å². The number of benzene rings is 1. The van der Waals surface area contributed by atoms with E-state index in [-0.39, 0.29) is 23.5 Å². The highest BCUT2D eigenvalue weighted by Gasteiger charge is 2.19. The summed E-state index contributed by atoms with van der Waals surface area (Å²) in [7, 11) is -2.17. The zero-order valence-corrected chi connectivity index (χ0v) is 17.7.